The molecule has 0 bridgehead atoms. The lowest BCUT2D eigenvalue weighted by Crippen LogP contribution is -2.12. The summed E-state index contributed by atoms with van der Waals surface area (Å²) in [4.78, 5) is 11.2. The lowest BCUT2D eigenvalue weighted by molar-refractivity contribution is -0.136. The monoisotopic (exact) mass is 483 g/mol. The number of hydrogen-bond acceptors (Lipinski definition) is 3. The first kappa shape index (κ1) is 25.1. The van der Waals surface area contributed by atoms with Crippen LogP contribution in [0.5, 0.6) is 5.75 Å². The van der Waals surface area contributed by atoms with Crippen molar-refractivity contribution in [2.75, 3.05) is 0 Å². The largest absolute Gasteiger partial charge is 0.489 e. The van der Waals surface area contributed by atoms with Crippen LogP contribution in [0.4, 0.5) is 4.39 Å². The molecular formula is C31H30FNO3. The molecule has 1 atom stereocenters. The van der Waals surface area contributed by atoms with Gasteiger partial charge in [-0.05, 0) is 52.9 Å². The minimum absolute atomic E-state index is 0.124. The maximum atomic E-state index is 15.7. The van der Waals surface area contributed by atoms with Crippen LogP contribution in [0.25, 0.3) is 22.3 Å². The van der Waals surface area contributed by atoms with Gasteiger partial charge in [0.15, 0.2) is 0 Å². The summed E-state index contributed by atoms with van der Waals surface area (Å²) in [5.74, 6) is -0.705. The third-order valence-electron chi connectivity index (χ3n) is 6.15. The van der Waals surface area contributed by atoms with E-state index in [0.29, 0.717) is 28.9 Å². The van der Waals surface area contributed by atoms with Gasteiger partial charge >= 0.3 is 5.97 Å². The fourth-order valence-corrected chi connectivity index (χ4v) is 4.37. The molecule has 4 aromatic rings. The van der Waals surface area contributed by atoms with Gasteiger partial charge in [0.25, 0.3) is 0 Å². The fraction of sp³-hybridized carbons (Fsp3) is 0.194. The third-order valence-corrected chi connectivity index (χ3v) is 6.15. The summed E-state index contributed by atoms with van der Waals surface area (Å²) in [6.07, 6.45) is 1.46. The summed E-state index contributed by atoms with van der Waals surface area (Å²) in [5, 5.41) is 9.22. The molecule has 5 heteroatoms. The molecule has 0 aliphatic heterocycles. The number of halogens is 1. The molecule has 0 spiro atoms. The SMILES string of the molecule is CCC[C@@H](N)c1cccc(-c2cc(COc3ccccc3CC(=O)O)cc(-c3ccccc3)c2)c1F. The zero-order valence-electron chi connectivity index (χ0n) is 20.3. The molecule has 4 rings (SSSR count). The minimum Gasteiger partial charge on any atom is -0.489 e. The summed E-state index contributed by atoms with van der Waals surface area (Å²) in [5.41, 5.74) is 11.4. The Bertz CT molecular complexity index is 1340. The molecule has 0 aromatic heterocycles. The molecule has 36 heavy (non-hydrogen) atoms. The van der Waals surface area contributed by atoms with Crippen molar-refractivity contribution in [3.63, 3.8) is 0 Å². The zero-order chi connectivity index (χ0) is 25.5. The van der Waals surface area contributed by atoms with Gasteiger partial charge in [0, 0.05) is 22.7 Å². The molecule has 0 amide bonds. The Kier molecular flexibility index (Phi) is 8.13. The standard InChI is InChI=1S/C31H30FNO3/c1-2-9-28(33)27-14-8-13-26(31(27)32)25-17-21(16-24(18-25)22-10-4-3-5-11-22)20-36-29-15-7-6-12-23(29)19-30(34)35/h3-8,10-18,28H,2,9,19-20,33H2,1H3,(H,34,35)/t28-/m1/s1. The van der Waals surface area contributed by atoms with Crippen LogP contribution >= 0.6 is 0 Å². The van der Waals surface area contributed by atoms with Gasteiger partial charge in [0.2, 0.25) is 0 Å². The maximum Gasteiger partial charge on any atom is 0.307 e. The summed E-state index contributed by atoms with van der Waals surface area (Å²) in [6, 6.07) is 27.9. The van der Waals surface area contributed by atoms with Crippen molar-refractivity contribution in [1.82, 2.24) is 0 Å². The number of ether oxygens (including phenoxy) is 1. The summed E-state index contributed by atoms with van der Waals surface area (Å²) in [7, 11) is 0. The van der Waals surface area contributed by atoms with E-state index in [1.54, 1.807) is 30.3 Å². The normalized spacial score (nSPS) is 11.8. The van der Waals surface area contributed by atoms with Gasteiger partial charge in [-0.3, -0.25) is 4.79 Å². The summed E-state index contributed by atoms with van der Waals surface area (Å²) < 4.78 is 21.7. The van der Waals surface area contributed by atoms with E-state index in [-0.39, 0.29) is 24.9 Å². The number of para-hydroxylation sites is 1. The number of hydrogen-bond donors (Lipinski definition) is 2. The number of carboxylic acids is 1. The lowest BCUT2D eigenvalue weighted by atomic mass is 9.93. The minimum atomic E-state index is -0.920. The van der Waals surface area contributed by atoms with Crippen LogP contribution in [-0.2, 0) is 17.8 Å². The number of carbonyl (C=O) groups is 1. The number of carboxylic acid groups (broad SMARTS) is 1. The van der Waals surface area contributed by atoms with Crippen molar-refractivity contribution in [3.8, 4) is 28.0 Å². The van der Waals surface area contributed by atoms with E-state index < -0.39 is 5.97 Å². The second-order valence-corrected chi connectivity index (χ2v) is 8.86. The average molecular weight is 484 g/mol. The van der Waals surface area contributed by atoms with Gasteiger partial charge in [0.05, 0.1) is 6.42 Å². The number of benzene rings is 4. The third kappa shape index (κ3) is 5.99. The first-order valence-electron chi connectivity index (χ1n) is 12.1. The smallest absolute Gasteiger partial charge is 0.307 e. The van der Waals surface area contributed by atoms with Crippen LogP contribution in [0, 0.1) is 5.82 Å². The van der Waals surface area contributed by atoms with Gasteiger partial charge in [-0.25, -0.2) is 4.39 Å². The molecule has 0 heterocycles. The van der Waals surface area contributed by atoms with Crippen LogP contribution in [0.3, 0.4) is 0 Å². The van der Waals surface area contributed by atoms with Crippen molar-refractivity contribution in [2.45, 2.75) is 38.8 Å². The Morgan fingerprint density at radius 2 is 1.64 bits per heavy atom. The van der Waals surface area contributed by atoms with Crippen molar-refractivity contribution in [1.29, 1.82) is 0 Å². The van der Waals surface area contributed by atoms with Crippen LogP contribution in [0.1, 0.15) is 42.5 Å². The summed E-state index contributed by atoms with van der Waals surface area (Å²) in [6.45, 7) is 2.24. The highest BCUT2D eigenvalue weighted by Crippen LogP contribution is 2.33. The van der Waals surface area contributed by atoms with Crippen molar-refractivity contribution >= 4 is 5.97 Å². The van der Waals surface area contributed by atoms with Crippen LogP contribution in [0.15, 0.2) is 91.0 Å². The van der Waals surface area contributed by atoms with E-state index in [1.165, 1.54) is 0 Å². The Balaban J connectivity index is 1.73. The molecule has 4 aromatic carbocycles. The molecule has 0 saturated heterocycles. The first-order chi connectivity index (χ1) is 17.5. The number of rotatable bonds is 10. The zero-order valence-corrected chi connectivity index (χ0v) is 20.3. The van der Waals surface area contributed by atoms with Crippen molar-refractivity contribution in [3.05, 3.63) is 114 Å². The quantitative estimate of drug-likeness (QED) is 0.251. The highest BCUT2D eigenvalue weighted by atomic mass is 19.1. The molecular weight excluding hydrogens is 453 g/mol. The van der Waals surface area contributed by atoms with E-state index in [0.717, 1.165) is 28.7 Å². The molecule has 0 fully saturated rings. The van der Waals surface area contributed by atoms with E-state index in [2.05, 4.69) is 0 Å². The fourth-order valence-electron chi connectivity index (χ4n) is 4.37. The maximum absolute atomic E-state index is 15.7. The molecule has 0 saturated carbocycles. The molecule has 0 aliphatic rings. The molecule has 3 N–H and O–H groups in total. The lowest BCUT2D eigenvalue weighted by Gasteiger charge is -2.16. The van der Waals surface area contributed by atoms with Crippen LogP contribution < -0.4 is 10.5 Å². The van der Waals surface area contributed by atoms with Crippen molar-refractivity contribution in [2.24, 2.45) is 5.73 Å². The highest BCUT2D eigenvalue weighted by Gasteiger charge is 2.17. The molecule has 0 radical (unpaired) electrons. The predicted molar refractivity (Wildman–Crippen MR) is 141 cm³/mol. The van der Waals surface area contributed by atoms with Gasteiger partial charge < -0.3 is 15.6 Å². The van der Waals surface area contributed by atoms with E-state index in [9.17, 15) is 9.90 Å². The Morgan fingerprint density at radius 1 is 0.917 bits per heavy atom. The molecule has 0 aliphatic carbocycles. The van der Waals surface area contributed by atoms with E-state index >= 15 is 4.39 Å². The topological polar surface area (TPSA) is 72.5 Å². The van der Waals surface area contributed by atoms with E-state index in [1.807, 2.05) is 67.6 Å². The Hall–Kier alpha value is -3.96. The summed E-state index contributed by atoms with van der Waals surface area (Å²) >= 11 is 0. The van der Waals surface area contributed by atoms with Crippen molar-refractivity contribution < 1.29 is 19.0 Å². The van der Waals surface area contributed by atoms with Gasteiger partial charge in [-0.1, -0.05) is 80.1 Å². The second-order valence-electron chi connectivity index (χ2n) is 8.86. The molecule has 184 valence electrons. The molecule has 4 nitrogen and oxygen atoms in total. The predicted octanol–water partition coefficient (Wildman–Crippen LogP) is 7.17. The molecule has 0 unspecified atom stereocenters. The Morgan fingerprint density at radius 3 is 2.39 bits per heavy atom. The van der Waals surface area contributed by atoms with Gasteiger partial charge in [-0.15, -0.1) is 0 Å². The number of nitrogens with two attached hydrogens (primary N) is 1. The van der Waals surface area contributed by atoms with Crippen LogP contribution in [0.2, 0.25) is 0 Å². The van der Waals surface area contributed by atoms with E-state index in [4.69, 9.17) is 10.5 Å². The van der Waals surface area contributed by atoms with Gasteiger partial charge in [0.1, 0.15) is 18.2 Å². The number of aliphatic carboxylic acids is 1. The average Bonchev–Trinajstić information content (AvgIpc) is 2.88. The van der Waals surface area contributed by atoms with Gasteiger partial charge in [-0.2, -0.15) is 0 Å². The first-order valence-corrected chi connectivity index (χ1v) is 12.1. The van der Waals surface area contributed by atoms with Crippen LogP contribution in [-0.4, -0.2) is 11.1 Å². The highest BCUT2D eigenvalue weighted by molar-refractivity contribution is 5.75. The Labute approximate surface area is 211 Å². The second kappa shape index (κ2) is 11.6.